The van der Waals surface area contributed by atoms with Crippen molar-refractivity contribution in [2.45, 2.75) is 47.6 Å². The van der Waals surface area contributed by atoms with Crippen LogP contribution in [0.5, 0.6) is 0 Å². The maximum absolute atomic E-state index is 13.5. The molecule has 1 fully saturated rings. The molecule has 1 aliphatic rings. The predicted octanol–water partition coefficient (Wildman–Crippen LogP) is 6.05. The highest BCUT2D eigenvalue weighted by molar-refractivity contribution is 7.90. The lowest BCUT2D eigenvalue weighted by Crippen LogP contribution is -2.52. The zero-order valence-electron chi connectivity index (χ0n) is 21.3. The molecular weight excluding hydrogens is 548 g/mol. The number of hydrogen-bond acceptors (Lipinski definition) is 6. The van der Waals surface area contributed by atoms with Crippen molar-refractivity contribution in [3.63, 3.8) is 0 Å². The average molecular weight is 575 g/mol. The van der Waals surface area contributed by atoms with Gasteiger partial charge in [-0.1, -0.05) is 49.2 Å². The van der Waals surface area contributed by atoms with Crippen molar-refractivity contribution in [3.8, 4) is 0 Å². The second-order valence-electron chi connectivity index (χ2n) is 10.3. The first-order valence-electron chi connectivity index (χ1n) is 13.2. The van der Waals surface area contributed by atoms with Gasteiger partial charge in [-0.15, -0.1) is 0 Å². The van der Waals surface area contributed by atoms with Crippen LogP contribution in [0.4, 0.5) is 0 Å². The molecule has 0 aliphatic heterocycles. The second-order valence-corrected chi connectivity index (χ2v) is 13.7. The third kappa shape index (κ3) is 4.37. The molecule has 4 aromatic carbocycles. The Bertz CT molecular complexity index is 1980. The van der Waals surface area contributed by atoms with Crippen molar-refractivity contribution in [3.05, 3.63) is 84.9 Å². The number of para-hydroxylation sites is 2. The molecule has 204 valence electrons. The van der Waals surface area contributed by atoms with Crippen LogP contribution >= 0.6 is 0 Å². The smallest absolute Gasteiger partial charge is 0.240 e. The third-order valence-corrected chi connectivity index (χ3v) is 10.7. The van der Waals surface area contributed by atoms with E-state index in [4.69, 9.17) is 8.83 Å². The Labute approximate surface area is 231 Å². The summed E-state index contributed by atoms with van der Waals surface area (Å²) in [6.07, 6.45) is 2.64. The number of hydrogen-bond donors (Lipinski definition) is 2. The molecule has 6 aromatic rings. The van der Waals surface area contributed by atoms with Crippen molar-refractivity contribution in [2.24, 2.45) is 0 Å². The van der Waals surface area contributed by atoms with E-state index in [9.17, 15) is 16.8 Å². The van der Waals surface area contributed by atoms with E-state index in [0.717, 1.165) is 23.6 Å². The SMILES string of the molecule is O=S(=O)(N[C@H]1CCCC[C@H]1NS(=O)(=O)c1ccc2oc3ccccc3c2c1)c1ccc2oc3ccccc3c2c1. The number of nitrogens with one attached hydrogen (secondary N) is 2. The predicted molar refractivity (Wildman–Crippen MR) is 154 cm³/mol. The summed E-state index contributed by atoms with van der Waals surface area (Å²) in [5.41, 5.74) is 2.57. The maximum Gasteiger partial charge on any atom is 0.240 e. The fourth-order valence-electron chi connectivity index (χ4n) is 5.69. The van der Waals surface area contributed by atoms with Gasteiger partial charge in [-0.2, -0.15) is 0 Å². The summed E-state index contributed by atoms with van der Waals surface area (Å²) < 4.78 is 71.2. The van der Waals surface area contributed by atoms with Crippen LogP contribution in [0.25, 0.3) is 43.9 Å². The molecule has 0 spiro atoms. The summed E-state index contributed by atoms with van der Waals surface area (Å²) in [6, 6.07) is 23.3. The van der Waals surface area contributed by atoms with Gasteiger partial charge in [-0.05, 0) is 61.4 Å². The van der Waals surface area contributed by atoms with Crippen LogP contribution in [0.3, 0.4) is 0 Å². The van der Waals surface area contributed by atoms with Crippen molar-refractivity contribution < 1.29 is 25.7 Å². The van der Waals surface area contributed by atoms with E-state index in [1.165, 1.54) is 12.1 Å². The van der Waals surface area contributed by atoms with E-state index in [0.29, 0.717) is 45.9 Å². The summed E-state index contributed by atoms with van der Waals surface area (Å²) in [7, 11) is -7.87. The monoisotopic (exact) mass is 574 g/mol. The van der Waals surface area contributed by atoms with Crippen LogP contribution in [0.1, 0.15) is 25.7 Å². The molecule has 0 saturated heterocycles. The van der Waals surface area contributed by atoms with E-state index < -0.39 is 32.1 Å². The summed E-state index contributed by atoms with van der Waals surface area (Å²) in [5, 5.41) is 3.09. The molecule has 7 rings (SSSR count). The molecule has 0 unspecified atom stereocenters. The molecule has 2 atom stereocenters. The first-order chi connectivity index (χ1) is 19.3. The van der Waals surface area contributed by atoms with Crippen molar-refractivity contribution in [2.75, 3.05) is 0 Å². The Morgan fingerprint density at radius 3 is 1.38 bits per heavy atom. The van der Waals surface area contributed by atoms with E-state index >= 15 is 0 Å². The van der Waals surface area contributed by atoms with Crippen LogP contribution in [-0.4, -0.2) is 28.9 Å². The molecule has 10 heteroatoms. The molecule has 1 aliphatic carbocycles. The van der Waals surface area contributed by atoms with Crippen LogP contribution in [0.2, 0.25) is 0 Å². The normalized spacial score (nSPS) is 18.7. The van der Waals surface area contributed by atoms with Gasteiger partial charge in [0.2, 0.25) is 20.0 Å². The van der Waals surface area contributed by atoms with Gasteiger partial charge in [0.25, 0.3) is 0 Å². The minimum atomic E-state index is -3.94. The Kier molecular flexibility index (Phi) is 5.97. The molecule has 2 N–H and O–H groups in total. The highest BCUT2D eigenvalue weighted by atomic mass is 32.2. The minimum absolute atomic E-state index is 0.107. The molecule has 0 bridgehead atoms. The lowest BCUT2D eigenvalue weighted by Gasteiger charge is -2.32. The fourth-order valence-corrected chi connectivity index (χ4v) is 8.37. The zero-order chi connectivity index (χ0) is 27.5. The van der Waals surface area contributed by atoms with Crippen molar-refractivity contribution >= 4 is 63.9 Å². The lowest BCUT2D eigenvalue weighted by molar-refractivity contribution is 0.340. The highest BCUT2D eigenvalue weighted by Crippen LogP contribution is 2.32. The first kappa shape index (κ1) is 25.3. The first-order valence-corrected chi connectivity index (χ1v) is 16.1. The molecule has 0 amide bonds. The summed E-state index contributed by atoms with van der Waals surface area (Å²) in [4.78, 5) is 0.215. The number of furan rings is 2. The van der Waals surface area contributed by atoms with Gasteiger partial charge in [0, 0.05) is 33.6 Å². The van der Waals surface area contributed by atoms with E-state index in [2.05, 4.69) is 9.44 Å². The summed E-state index contributed by atoms with van der Waals surface area (Å²) in [5.74, 6) is 0. The van der Waals surface area contributed by atoms with Gasteiger partial charge in [-0.3, -0.25) is 0 Å². The maximum atomic E-state index is 13.5. The van der Waals surface area contributed by atoms with Crippen LogP contribution in [-0.2, 0) is 20.0 Å². The standard InChI is InChI=1S/C30H26N2O6S2/c33-39(34,19-13-15-29-23(17-19)21-7-1-5-11-27(21)37-29)31-25-9-3-4-10-26(25)32-40(35,36)20-14-16-30-24(18-20)22-8-2-6-12-28(22)38-30/h1-2,5-8,11-18,25-26,31-32H,3-4,9-10H2/t25-,26+. The molecule has 1 saturated carbocycles. The summed E-state index contributed by atoms with van der Waals surface area (Å²) in [6.45, 7) is 0. The Morgan fingerprint density at radius 2 is 0.925 bits per heavy atom. The second kappa shape index (κ2) is 9.45. The molecule has 2 heterocycles. The van der Waals surface area contributed by atoms with Crippen molar-refractivity contribution in [1.82, 2.24) is 9.44 Å². The quantitative estimate of drug-likeness (QED) is 0.250. The molecule has 0 radical (unpaired) electrons. The van der Waals surface area contributed by atoms with Gasteiger partial charge in [0.15, 0.2) is 0 Å². The van der Waals surface area contributed by atoms with Crippen molar-refractivity contribution in [1.29, 1.82) is 0 Å². The van der Waals surface area contributed by atoms with Crippen LogP contribution in [0.15, 0.2) is 104 Å². The largest absolute Gasteiger partial charge is 0.456 e. The van der Waals surface area contributed by atoms with Gasteiger partial charge in [0.1, 0.15) is 22.3 Å². The van der Waals surface area contributed by atoms with Gasteiger partial charge >= 0.3 is 0 Å². The van der Waals surface area contributed by atoms with Gasteiger partial charge < -0.3 is 8.83 Å². The van der Waals surface area contributed by atoms with E-state index in [1.54, 1.807) is 24.3 Å². The molecular formula is C30H26N2O6S2. The molecule has 8 nitrogen and oxygen atoms in total. The third-order valence-electron chi connectivity index (χ3n) is 7.70. The Balaban J connectivity index is 1.17. The fraction of sp³-hybridized carbons (Fsp3) is 0.200. The van der Waals surface area contributed by atoms with Gasteiger partial charge in [-0.25, -0.2) is 26.3 Å². The minimum Gasteiger partial charge on any atom is -0.456 e. The molecule has 2 aromatic heterocycles. The highest BCUT2D eigenvalue weighted by Gasteiger charge is 2.33. The van der Waals surface area contributed by atoms with E-state index in [1.807, 2.05) is 48.5 Å². The summed E-state index contributed by atoms with van der Waals surface area (Å²) >= 11 is 0. The van der Waals surface area contributed by atoms with E-state index in [-0.39, 0.29) is 9.79 Å². The zero-order valence-corrected chi connectivity index (χ0v) is 23.0. The van der Waals surface area contributed by atoms with Crippen LogP contribution in [0, 0.1) is 0 Å². The number of rotatable bonds is 6. The van der Waals surface area contributed by atoms with Crippen LogP contribution < -0.4 is 9.44 Å². The topological polar surface area (TPSA) is 119 Å². The van der Waals surface area contributed by atoms with Gasteiger partial charge in [0.05, 0.1) is 9.79 Å². The number of benzene rings is 4. The Hall–Kier alpha value is -3.70. The lowest BCUT2D eigenvalue weighted by atomic mass is 9.92. The number of fused-ring (bicyclic) bond motifs is 6. The number of sulfonamides is 2. The molecule has 40 heavy (non-hydrogen) atoms. The average Bonchev–Trinajstić information content (AvgIpc) is 3.51. The Morgan fingerprint density at radius 1 is 0.525 bits per heavy atom.